The molecule has 0 bridgehead atoms. The fraction of sp³-hybridized carbons (Fsp3) is 0.0769. The molecule has 0 fully saturated rings. The van der Waals surface area contributed by atoms with Crippen molar-refractivity contribution in [1.29, 1.82) is 0 Å². The zero-order valence-electron chi connectivity index (χ0n) is 8.81. The lowest BCUT2D eigenvalue weighted by Crippen LogP contribution is -1.83. The van der Waals surface area contributed by atoms with Crippen LogP contribution in [0.3, 0.4) is 0 Å². The summed E-state index contributed by atoms with van der Waals surface area (Å²) < 4.78 is 0. The summed E-state index contributed by atoms with van der Waals surface area (Å²) in [5.41, 5.74) is 1.65. The Morgan fingerprint density at radius 2 is 1.31 bits per heavy atom. The first-order valence-corrected chi connectivity index (χ1v) is 4.91. The first-order chi connectivity index (χ1) is 7.61. The topological polar surface area (TPSA) is 60.7 Å². The van der Waals surface area contributed by atoms with E-state index in [1.165, 1.54) is 6.07 Å². The maximum Gasteiger partial charge on any atom is 0.165 e. The molecule has 3 nitrogen and oxygen atoms in total. The van der Waals surface area contributed by atoms with E-state index in [1.54, 1.807) is 37.3 Å². The zero-order chi connectivity index (χ0) is 11.7. The van der Waals surface area contributed by atoms with Crippen LogP contribution in [0.25, 0.3) is 11.1 Å². The molecule has 0 aliphatic carbocycles. The molecule has 0 amide bonds. The van der Waals surface area contributed by atoms with Crippen LogP contribution in [0.5, 0.6) is 17.2 Å². The van der Waals surface area contributed by atoms with Crippen molar-refractivity contribution >= 4 is 0 Å². The van der Waals surface area contributed by atoms with Crippen LogP contribution in [0.1, 0.15) is 5.56 Å². The molecule has 2 aromatic carbocycles. The number of aromatic hydroxyl groups is 3. The van der Waals surface area contributed by atoms with Gasteiger partial charge in [-0.05, 0) is 18.6 Å². The molecule has 0 aliphatic rings. The summed E-state index contributed by atoms with van der Waals surface area (Å²) in [5, 5.41) is 29.0. The Balaban J connectivity index is 2.68. The van der Waals surface area contributed by atoms with Crippen LogP contribution in [0, 0.1) is 6.92 Å². The number of phenols is 3. The van der Waals surface area contributed by atoms with Crippen molar-refractivity contribution in [3.05, 3.63) is 42.0 Å². The Hall–Kier alpha value is -2.16. The van der Waals surface area contributed by atoms with Crippen molar-refractivity contribution < 1.29 is 15.3 Å². The van der Waals surface area contributed by atoms with Crippen molar-refractivity contribution in [3.63, 3.8) is 0 Å². The predicted molar refractivity (Wildman–Crippen MR) is 61.6 cm³/mol. The molecule has 0 unspecified atom stereocenters. The highest BCUT2D eigenvalue weighted by molar-refractivity contribution is 5.78. The van der Waals surface area contributed by atoms with E-state index in [1.807, 2.05) is 0 Å². The molecular weight excluding hydrogens is 204 g/mol. The molecule has 0 atom stereocenters. The molecule has 16 heavy (non-hydrogen) atoms. The van der Waals surface area contributed by atoms with Crippen LogP contribution in [-0.4, -0.2) is 15.3 Å². The minimum atomic E-state index is -0.219. The number of rotatable bonds is 1. The molecule has 0 radical (unpaired) electrons. The molecular formula is C13H12O3. The summed E-state index contributed by atoms with van der Waals surface area (Å²) in [7, 11) is 0. The van der Waals surface area contributed by atoms with Gasteiger partial charge in [-0.3, -0.25) is 0 Å². The van der Waals surface area contributed by atoms with Crippen molar-refractivity contribution in [1.82, 2.24) is 0 Å². The van der Waals surface area contributed by atoms with Crippen molar-refractivity contribution in [3.8, 4) is 28.4 Å². The molecule has 0 saturated heterocycles. The highest BCUT2D eigenvalue weighted by atomic mass is 16.3. The normalized spacial score (nSPS) is 10.3. The SMILES string of the molecule is Cc1cccc(-c2cccc(O)c2O)c1O. The van der Waals surface area contributed by atoms with E-state index in [9.17, 15) is 15.3 Å². The second-order valence-corrected chi connectivity index (χ2v) is 3.64. The summed E-state index contributed by atoms with van der Waals surface area (Å²) in [6.45, 7) is 1.78. The smallest absolute Gasteiger partial charge is 0.165 e. The van der Waals surface area contributed by atoms with E-state index in [2.05, 4.69) is 0 Å². The van der Waals surface area contributed by atoms with Gasteiger partial charge in [0.15, 0.2) is 11.5 Å². The number of benzene rings is 2. The Labute approximate surface area is 93.2 Å². The number of hydrogen-bond donors (Lipinski definition) is 3. The molecule has 2 rings (SSSR count). The molecule has 3 heteroatoms. The molecule has 0 aromatic heterocycles. The molecule has 3 N–H and O–H groups in total. The quantitative estimate of drug-likeness (QED) is 0.642. The zero-order valence-corrected chi connectivity index (χ0v) is 8.81. The lowest BCUT2D eigenvalue weighted by atomic mass is 10.0. The molecule has 0 saturated carbocycles. The predicted octanol–water partition coefficient (Wildman–Crippen LogP) is 2.78. The minimum absolute atomic E-state index is 0.114. The second-order valence-electron chi connectivity index (χ2n) is 3.64. The highest BCUT2D eigenvalue weighted by Crippen LogP contribution is 2.40. The number of phenolic OH excluding ortho intramolecular Hbond substituents is 3. The first-order valence-electron chi connectivity index (χ1n) is 4.91. The van der Waals surface area contributed by atoms with Gasteiger partial charge in [0.1, 0.15) is 5.75 Å². The number of hydrogen-bond acceptors (Lipinski definition) is 3. The van der Waals surface area contributed by atoms with Gasteiger partial charge >= 0.3 is 0 Å². The van der Waals surface area contributed by atoms with E-state index in [4.69, 9.17) is 0 Å². The van der Waals surface area contributed by atoms with Gasteiger partial charge in [0.25, 0.3) is 0 Å². The summed E-state index contributed by atoms with van der Waals surface area (Å²) >= 11 is 0. The third-order valence-corrected chi connectivity index (χ3v) is 2.54. The van der Waals surface area contributed by atoms with Gasteiger partial charge < -0.3 is 15.3 Å². The maximum atomic E-state index is 9.87. The third-order valence-electron chi connectivity index (χ3n) is 2.54. The van der Waals surface area contributed by atoms with Crippen LogP contribution < -0.4 is 0 Å². The molecule has 82 valence electrons. The highest BCUT2D eigenvalue weighted by Gasteiger charge is 2.12. The third kappa shape index (κ3) is 1.56. The van der Waals surface area contributed by atoms with Crippen LogP contribution >= 0.6 is 0 Å². The molecule has 0 aliphatic heterocycles. The fourth-order valence-corrected chi connectivity index (χ4v) is 1.62. The second kappa shape index (κ2) is 3.77. The van der Waals surface area contributed by atoms with Crippen molar-refractivity contribution in [2.45, 2.75) is 6.92 Å². The summed E-state index contributed by atoms with van der Waals surface area (Å²) in [5.74, 6) is -0.301. The van der Waals surface area contributed by atoms with Gasteiger partial charge in [-0.2, -0.15) is 0 Å². The standard InChI is InChI=1S/C13H12O3/c1-8-4-2-5-9(12(8)15)10-6-3-7-11(14)13(10)16/h2-7,14-16H,1H3. The van der Waals surface area contributed by atoms with Gasteiger partial charge in [0.05, 0.1) is 0 Å². The molecule has 0 heterocycles. The monoisotopic (exact) mass is 216 g/mol. The van der Waals surface area contributed by atoms with Crippen molar-refractivity contribution in [2.75, 3.05) is 0 Å². The van der Waals surface area contributed by atoms with Gasteiger partial charge in [0.2, 0.25) is 0 Å². The Morgan fingerprint density at radius 3 is 2.00 bits per heavy atom. The Kier molecular flexibility index (Phi) is 2.44. The lowest BCUT2D eigenvalue weighted by Gasteiger charge is -2.09. The van der Waals surface area contributed by atoms with E-state index < -0.39 is 0 Å². The summed E-state index contributed by atoms with van der Waals surface area (Å²) in [6, 6.07) is 9.91. The van der Waals surface area contributed by atoms with Gasteiger partial charge in [0, 0.05) is 11.1 Å². The van der Waals surface area contributed by atoms with Gasteiger partial charge in [-0.1, -0.05) is 30.3 Å². The summed E-state index contributed by atoms with van der Waals surface area (Å²) in [4.78, 5) is 0. The number of para-hydroxylation sites is 2. The Morgan fingerprint density at radius 1 is 0.750 bits per heavy atom. The van der Waals surface area contributed by atoms with E-state index in [-0.39, 0.29) is 17.2 Å². The van der Waals surface area contributed by atoms with Crippen LogP contribution in [-0.2, 0) is 0 Å². The van der Waals surface area contributed by atoms with Crippen molar-refractivity contribution in [2.24, 2.45) is 0 Å². The van der Waals surface area contributed by atoms with Crippen LogP contribution in [0.4, 0.5) is 0 Å². The largest absolute Gasteiger partial charge is 0.507 e. The first kappa shape index (κ1) is 10.4. The average Bonchev–Trinajstić information content (AvgIpc) is 2.27. The number of aryl methyl sites for hydroxylation is 1. The van der Waals surface area contributed by atoms with E-state index >= 15 is 0 Å². The van der Waals surface area contributed by atoms with Gasteiger partial charge in [-0.25, -0.2) is 0 Å². The lowest BCUT2D eigenvalue weighted by molar-refractivity contribution is 0.404. The van der Waals surface area contributed by atoms with Crippen LogP contribution in [0.15, 0.2) is 36.4 Å². The minimum Gasteiger partial charge on any atom is -0.507 e. The molecule has 0 spiro atoms. The molecule has 2 aromatic rings. The Bertz CT molecular complexity index is 483. The fourth-order valence-electron chi connectivity index (χ4n) is 1.62. The van der Waals surface area contributed by atoms with E-state index in [0.717, 1.165) is 5.56 Å². The summed E-state index contributed by atoms with van der Waals surface area (Å²) in [6.07, 6.45) is 0. The average molecular weight is 216 g/mol. The van der Waals surface area contributed by atoms with Gasteiger partial charge in [-0.15, -0.1) is 0 Å². The maximum absolute atomic E-state index is 9.87. The van der Waals surface area contributed by atoms with Crippen LogP contribution in [0.2, 0.25) is 0 Å². The van der Waals surface area contributed by atoms with E-state index in [0.29, 0.717) is 11.1 Å².